The largest absolute Gasteiger partial charge is 0.466 e. The molecule has 0 spiro atoms. The van der Waals surface area contributed by atoms with Gasteiger partial charge >= 0.3 is 5.97 Å². The molecule has 1 aromatic heterocycles. The maximum absolute atomic E-state index is 13.3. The predicted octanol–water partition coefficient (Wildman–Crippen LogP) is 3.78. The highest BCUT2D eigenvalue weighted by atomic mass is 32.2. The van der Waals surface area contributed by atoms with Gasteiger partial charge in [-0.05, 0) is 55.7 Å². The minimum absolute atomic E-state index is 0.204. The number of rotatable bonds is 11. The Morgan fingerprint density at radius 3 is 2.53 bits per heavy atom. The molecule has 0 amide bonds. The second kappa shape index (κ2) is 11.3. The van der Waals surface area contributed by atoms with Gasteiger partial charge in [0.15, 0.2) is 0 Å². The molecule has 0 bridgehead atoms. The Morgan fingerprint density at radius 1 is 1.15 bits per heavy atom. The van der Waals surface area contributed by atoms with Crippen molar-refractivity contribution >= 4 is 27.0 Å². The zero-order valence-corrected chi connectivity index (χ0v) is 20.6. The van der Waals surface area contributed by atoms with Gasteiger partial charge in [-0.2, -0.15) is 9.57 Å². The second-order valence-corrected chi connectivity index (χ2v) is 9.92. The first-order valence-corrected chi connectivity index (χ1v) is 12.8. The zero-order valence-electron chi connectivity index (χ0n) is 19.8. The first-order chi connectivity index (χ1) is 16.3. The van der Waals surface area contributed by atoms with Gasteiger partial charge < -0.3 is 9.30 Å². The van der Waals surface area contributed by atoms with E-state index in [1.165, 1.54) is 4.31 Å². The van der Waals surface area contributed by atoms with Crippen LogP contribution < -0.4 is 0 Å². The van der Waals surface area contributed by atoms with Crippen LogP contribution in [0.15, 0.2) is 47.4 Å². The van der Waals surface area contributed by atoms with Crippen LogP contribution in [0.25, 0.3) is 11.0 Å². The van der Waals surface area contributed by atoms with E-state index in [2.05, 4.69) is 11.1 Å². The normalized spacial score (nSPS) is 11.6. The number of nitrogens with zero attached hydrogens (tertiary/aromatic N) is 4. The number of hydrogen-bond donors (Lipinski definition) is 0. The van der Waals surface area contributed by atoms with E-state index in [1.807, 2.05) is 23.7 Å². The Balaban J connectivity index is 1.76. The molecule has 8 nitrogen and oxygen atoms in total. The van der Waals surface area contributed by atoms with Crippen LogP contribution in [-0.2, 0) is 33.0 Å². The summed E-state index contributed by atoms with van der Waals surface area (Å²) in [6.07, 6.45) is 2.00. The van der Waals surface area contributed by atoms with Gasteiger partial charge in [-0.3, -0.25) is 4.79 Å². The number of hydrogen-bond acceptors (Lipinski definition) is 6. The number of esters is 1. The third-order valence-corrected chi connectivity index (χ3v) is 7.69. The summed E-state index contributed by atoms with van der Waals surface area (Å²) in [5, 5.41) is 8.97. The molecule has 0 atom stereocenters. The molecule has 0 fully saturated rings. The average Bonchev–Trinajstić information content (AvgIpc) is 3.14. The minimum Gasteiger partial charge on any atom is -0.466 e. The fraction of sp³-hybridized carbons (Fsp3) is 0.400. The molecule has 0 aliphatic heterocycles. The lowest BCUT2D eigenvalue weighted by Gasteiger charge is -2.20. The molecule has 2 aromatic carbocycles. The highest BCUT2D eigenvalue weighted by Gasteiger charge is 2.24. The minimum atomic E-state index is -3.69. The van der Waals surface area contributed by atoms with E-state index in [0.717, 1.165) is 16.9 Å². The van der Waals surface area contributed by atoms with Crippen molar-refractivity contribution in [3.63, 3.8) is 0 Å². The van der Waals surface area contributed by atoms with Crippen LogP contribution >= 0.6 is 0 Å². The van der Waals surface area contributed by atoms with E-state index < -0.39 is 10.0 Å². The van der Waals surface area contributed by atoms with Gasteiger partial charge in [0.25, 0.3) is 0 Å². The van der Waals surface area contributed by atoms with E-state index in [4.69, 9.17) is 10.00 Å². The molecule has 0 N–H and O–H groups in total. The molecular formula is C25H30N4O4S. The van der Waals surface area contributed by atoms with Crippen LogP contribution in [0, 0.1) is 11.3 Å². The summed E-state index contributed by atoms with van der Waals surface area (Å²) in [6.45, 7) is 4.59. The van der Waals surface area contributed by atoms with Crippen LogP contribution in [0.1, 0.15) is 50.1 Å². The van der Waals surface area contributed by atoms with E-state index in [1.54, 1.807) is 44.2 Å². The van der Waals surface area contributed by atoms with Crippen LogP contribution in [-0.4, -0.2) is 47.9 Å². The number of aryl methyl sites for hydroxylation is 1. The topological polar surface area (TPSA) is 105 Å². The van der Waals surface area contributed by atoms with Crippen molar-refractivity contribution in [3.8, 4) is 6.07 Å². The van der Waals surface area contributed by atoms with Gasteiger partial charge in [-0.25, -0.2) is 13.4 Å². The van der Waals surface area contributed by atoms with Gasteiger partial charge in [0, 0.05) is 33.0 Å². The fourth-order valence-corrected chi connectivity index (χ4v) is 5.32. The molecule has 3 rings (SSSR count). The smallest absolute Gasteiger partial charge is 0.305 e. The lowest BCUT2D eigenvalue weighted by Crippen LogP contribution is -2.32. The molecular weight excluding hydrogens is 452 g/mol. The number of fused-ring (bicyclic) bond motifs is 1. The lowest BCUT2D eigenvalue weighted by molar-refractivity contribution is -0.143. The Kier molecular flexibility index (Phi) is 8.42. The molecule has 3 aromatic rings. The van der Waals surface area contributed by atoms with E-state index in [9.17, 15) is 13.2 Å². The molecule has 0 aliphatic carbocycles. The summed E-state index contributed by atoms with van der Waals surface area (Å²) in [6, 6.07) is 14.5. The summed E-state index contributed by atoms with van der Waals surface area (Å²) in [5.74, 6) is 0.548. The molecule has 0 unspecified atom stereocenters. The molecule has 0 aliphatic rings. The third-order valence-electron chi connectivity index (χ3n) is 5.72. The molecule has 0 saturated carbocycles. The van der Waals surface area contributed by atoms with Gasteiger partial charge in [0.2, 0.25) is 10.0 Å². The van der Waals surface area contributed by atoms with Crippen molar-refractivity contribution in [2.24, 2.45) is 7.05 Å². The number of benzene rings is 2. The van der Waals surface area contributed by atoms with Crippen molar-refractivity contribution < 1.29 is 17.9 Å². The Labute approximate surface area is 200 Å². The number of carbonyl (C=O) groups excluding carboxylic acids is 1. The zero-order chi connectivity index (χ0) is 24.7. The van der Waals surface area contributed by atoms with E-state index in [0.29, 0.717) is 50.0 Å². The number of imidazole rings is 1. The molecule has 0 radical (unpaired) electrons. The Morgan fingerprint density at radius 2 is 1.88 bits per heavy atom. The number of carbonyl (C=O) groups is 1. The first kappa shape index (κ1) is 25.4. The van der Waals surface area contributed by atoms with Gasteiger partial charge in [-0.15, -0.1) is 0 Å². The number of unbranched alkanes of at least 4 members (excludes halogenated alkanes) is 1. The van der Waals surface area contributed by atoms with Crippen LogP contribution in [0.5, 0.6) is 0 Å². The summed E-state index contributed by atoms with van der Waals surface area (Å²) in [4.78, 5) is 16.4. The van der Waals surface area contributed by atoms with Crippen molar-refractivity contribution in [2.75, 3.05) is 19.7 Å². The number of nitriles is 1. The lowest BCUT2D eigenvalue weighted by atomic mass is 10.1. The van der Waals surface area contributed by atoms with Crippen LogP contribution in [0.3, 0.4) is 0 Å². The first-order valence-electron chi connectivity index (χ1n) is 11.4. The van der Waals surface area contributed by atoms with Crippen molar-refractivity contribution in [1.29, 1.82) is 5.26 Å². The van der Waals surface area contributed by atoms with Crippen LogP contribution in [0.2, 0.25) is 0 Å². The molecule has 9 heteroatoms. The quantitative estimate of drug-likeness (QED) is 0.304. The number of aromatic nitrogens is 2. The number of ether oxygens (including phenoxy) is 1. The SMILES string of the molecule is CCOC(=O)CCCCN(CC)S(=O)(=O)c1ccc2c(c1)nc(Cc1ccc(C#N)cc1)n2C. The molecule has 34 heavy (non-hydrogen) atoms. The van der Waals surface area contributed by atoms with E-state index >= 15 is 0 Å². The maximum atomic E-state index is 13.3. The van der Waals surface area contributed by atoms with Crippen LogP contribution in [0.4, 0.5) is 0 Å². The predicted molar refractivity (Wildman–Crippen MR) is 130 cm³/mol. The summed E-state index contributed by atoms with van der Waals surface area (Å²) in [7, 11) is -1.78. The Hall–Kier alpha value is -3.22. The maximum Gasteiger partial charge on any atom is 0.305 e. The fourth-order valence-electron chi connectivity index (χ4n) is 3.82. The van der Waals surface area contributed by atoms with Gasteiger partial charge in [-0.1, -0.05) is 19.1 Å². The summed E-state index contributed by atoms with van der Waals surface area (Å²) < 4.78 is 34.8. The summed E-state index contributed by atoms with van der Waals surface area (Å²) in [5.41, 5.74) is 3.08. The number of sulfonamides is 1. The molecule has 1 heterocycles. The average molecular weight is 483 g/mol. The highest BCUT2D eigenvalue weighted by Crippen LogP contribution is 2.24. The monoisotopic (exact) mass is 482 g/mol. The molecule has 180 valence electrons. The van der Waals surface area contributed by atoms with Crippen molar-refractivity contribution in [1.82, 2.24) is 13.9 Å². The third kappa shape index (κ3) is 5.82. The Bertz CT molecular complexity index is 1290. The van der Waals surface area contributed by atoms with Crippen molar-refractivity contribution in [2.45, 2.75) is 44.4 Å². The summed E-state index contributed by atoms with van der Waals surface area (Å²) >= 11 is 0. The van der Waals surface area contributed by atoms with Gasteiger partial charge in [0.05, 0.1) is 34.2 Å². The van der Waals surface area contributed by atoms with E-state index in [-0.39, 0.29) is 17.3 Å². The van der Waals surface area contributed by atoms with Gasteiger partial charge in [0.1, 0.15) is 5.82 Å². The van der Waals surface area contributed by atoms with Crippen molar-refractivity contribution in [3.05, 3.63) is 59.4 Å². The second-order valence-electron chi connectivity index (χ2n) is 7.98. The molecule has 0 saturated heterocycles. The highest BCUT2D eigenvalue weighted by molar-refractivity contribution is 7.89. The standard InChI is InChI=1S/C25H30N4O4S/c1-4-29(15-7-6-8-25(30)33-5-2)34(31,32)21-13-14-23-22(17-21)27-24(28(23)3)16-19-9-11-20(18-26)12-10-19/h9-14,17H,4-8,15-16H2,1-3H3.